The Morgan fingerprint density at radius 1 is 0.900 bits per heavy atom. The average Bonchev–Trinajstić information content (AvgIpc) is 3.55. The summed E-state index contributed by atoms with van der Waals surface area (Å²) in [6, 6.07) is 3.84. The number of fused-ring (bicyclic) bond motifs is 1. The normalized spacial score (nSPS) is 16.1. The lowest BCUT2D eigenvalue weighted by atomic mass is 10.0. The number of aromatic nitrogens is 4. The number of anilines is 2. The van der Waals surface area contributed by atoms with Crippen LogP contribution in [0.15, 0.2) is 24.3 Å². The SMILES string of the molecule is CCN(CC1CCCC1)c1nc2c(cc1CN(Cc1cc(C(F)(F)F)cc(C(F)(F)F)c1)c1nn(C)[nH]1)CCC2. The van der Waals surface area contributed by atoms with Crippen LogP contribution in [0.1, 0.15) is 72.5 Å². The van der Waals surface area contributed by atoms with Crippen molar-refractivity contribution in [3.05, 3.63) is 57.8 Å². The molecule has 218 valence electrons. The van der Waals surface area contributed by atoms with E-state index >= 15 is 0 Å². The molecule has 1 saturated carbocycles. The molecule has 2 heterocycles. The van der Waals surface area contributed by atoms with E-state index in [1.54, 1.807) is 11.9 Å². The van der Waals surface area contributed by atoms with E-state index in [1.807, 2.05) is 0 Å². The summed E-state index contributed by atoms with van der Waals surface area (Å²) in [6.07, 6.45) is -2.23. The molecule has 0 aliphatic heterocycles. The summed E-state index contributed by atoms with van der Waals surface area (Å²) in [5, 5.41) is 7.27. The maximum Gasteiger partial charge on any atom is 0.416 e. The van der Waals surface area contributed by atoms with Crippen molar-refractivity contribution in [3.63, 3.8) is 0 Å². The monoisotopic (exact) mass is 568 g/mol. The van der Waals surface area contributed by atoms with Gasteiger partial charge >= 0.3 is 12.4 Å². The van der Waals surface area contributed by atoms with Gasteiger partial charge in [0.1, 0.15) is 5.82 Å². The second kappa shape index (κ2) is 11.0. The van der Waals surface area contributed by atoms with Crippen LogP contribution in [-0.2, 0) is 45.3 Å². The Labute approximate surface area is 229 Å². The van der Waals surface area contributed by atoms with Gasteiger partial charge in [0, 0.05) is 44.5 Å². The standard InChI is InChI=1S/C28H34F6N6/c1-3-39(15-18-7-4-5-8-18)25-21(13-20-9-6-10-24(20)35-25)17-40(26-36-38(2)37-26)16-19-11-22(27(29,30)31)14-23(12-19)28(32,33)34/h11-14,18H,3-10,15-17H2,1-2H3,(H,36,37). The maximum absolute atomic E-state index is 13.5. The Bertz CT molecular complexity index is 1270. The van der Waals surface area contributed by atoms with Crippen molar-refractivity contribution in [2.75, 3.05) is 22.9 Å². The molecule has 3 aromatic rings. The van der Waals surface area contributed by atoms with Gasteiger partial charge in [-0.3, -0.25) is 0 Å². The van der Waals surface area contributed by atoms with Gasteiger partial charge in [0.2, 0.25) is 5.95 Å². The topological polar surface area (TPSA) is 53.0 Å². The van der Waals surface area contributed by atoms with Crippen LogP contribution in [0.5, 0.6) is 0 Å². The van der Waals surface area contributed by atoms with E-state index in [0.717, 1.165) is 67.1 Å². The molecule has 2 aromatic heterocycles. The van der Waals surface area contributed by atoms with Crippen LogP contribution in [0.25, 0.3) is 0 Å². The van der Waals surface area contributed by atoms with Gasteiger partial charge in [-0.2, -0.15) is 26.3 Å². The van der Waals surface area contributed by atoms with E-state index in [0.29, 0.717) is 11.9 Å². The quantitative estimate of drug-likeness (QED) is 0.286. The van der Waals surface area contributed by atoms with Gasteiger partial charge in [-0.1, -0.05) is 12.8 Å². The minimum atomic E-state index is -4.91. The molecular weight excluding hydrogens is 534 g/mol. The molecule has 1 N–H and O–H groups in total. The summed E-state index contributed by atoms with van der Waals surface area (Å²) in [7, 11) is 1.66. The molecule has 6 nitrogen and oxygen atoms in total. The molecule has 2 aliphatic rings. The van der Waals surface area contributed by atoms with Crippen LogP contribution in [0.2, 0.25) is 0 Å². The Morgan fingerprint density at radius 3 is 2.12 bits per heavy atom. The predicted molar refractivity (Wildman–Crippen MR) is 140 cm³/mol. The van der Waals surface area contributed by atoms with Crippen LogP contribution < -0.4 is 9.80 Å². The zero-order valence-corrected chi connectivity index (χ0v) is 22.7. The highest BCUT2D eigenvalue weighted by Gasteiger charge is 2.37. The first kappa shape index (κ1) is 28.4. The Hall–Kier alpha value is -3.18. The number of halogens is 6. The van der Waals surface area contributed by atoms with Crippen molar-refractivity contribution in [1.29, 1.82) is 0 Å². The minimum absolute atomic E-state index is 0.102. The number of hydrogen-bond acceptors (Lipinski definition) is 4. The number of rotatable bonds is 9. The number of benzene rings is 1. The third-order valence-electron chi connectivity index (χ3n) is 7.93. The van der Waals surface area contributed by atoms with Crippen LogP contribution in [0.4, 0.5) is 38.1 Å². The predicted octanol–water partition coefficient (Wildman–Crippen LogP) is 6.89. The molecule has 5 rings (SSSR count). The van der Waals surface area contributed by atoms with Crippen molar-refractivity contribution < 1.29 is 26.3 Å². The molecule has 0 unspecified atom stereocenters. The summed E-state index contributed by atoms with van der Waals surface area (Å²) in [5.41, 5.74) is 0.354. The van der Waals surface area contributed by atoms with E-state index in [2.05, 4.69) is 28.1 Å². The zero-order chi connectivity index (χ0) is 28.7. The molecule has 0 radical (unpaired) electrons. The largest absolute Gasteiger partial charge is 0.416 e. The number of nitrogens with zero attached hydrogens (tertiary/aromatic N) is 5. The van der Waals surface area contributed by atoms with E-state index in [9.17, 15) is 26.3 Å². The van der Waals surface area contributed by atoms with Crippen molar-refractivity contribution in [2.24, 2.45) is 13.0 Å². The fourth-order valence-corrected chi connectivity index (χ4v) is 5.93. The number of nitrogens with one attached hydrogen (secondary N) is 1. The van der Waals surface area contributed by atoms with Crippen molar-refractivity contribution in [1.82, 2.24) is 20.0 Å². The smallest absolute Gasteiger partial charge is 0.356 e. The lowest BCUT2D eigenvalue weighted by Gasteiger charge is -2.31. The van der Waals surface area contributed by atoms with Crippen molar-refractivity contribution in [3.8, 4) is 0 Å². The molecule has 12 heteroatoms. The van der Waals surface area contributed by atoms with Gasteiger partial charge in [0.15, 0.2) is 0 Å². The molecule has 0 saturated heterocycles. The molecule has 0 atom stereocenters. The number of pyridine rings is 1. The highest BCUT2D eigenvalue weighted by molar-refractivity contribution is 5.53. The first-order valence-corrected chi connectivity index (χ1v) is 13.8. The molecule has 2 aliphatic carbocycles. The van der Waals surface area contributed by atoms with E-state index in [-0.39, 0.29) is 24.7 Å². The van der Waals surface area contributed by atoms with Gasteiger partial charge < -0.3 is 9.80 Å². The van der Waals surface area contributed by atoms with Gasteiger partial charge in [-0.15, -0.1) is 5.10 Å². The molecule has 1 aromatic carbocycles. The first-order chi connectivity index (χ1) is 18.9. The third-order valence-corrected chi connectivity index (χ3v) is 7.93. The average molecular weight is 569 g/mol. The van der Waals surface area contributed by atoms with Crippen molar-refractivity contribution in [2.45, 2.75) is 77.3 Å². The number of hydrogen-bond donors (Lipinski definition) is 1. The summed E-state index contributed by atoms with van der Waals surface area (Å²) in [6.45, 7) is 3.74. The fourth-order valence-electron chi connectivity index (χ4n) is 5.93. The highest BCUT2D eigenvalue weighted by Crippen LogP contribution is 2.37. The molecule has 0 spiro atoms. The van der Waals surface area contributed by atoms with E-state index < -0.39 is 23.5 Å². The fraction of sp³-hybridized carbons (Fsp3) is 0.571. The van der Waals surface area contributed by atoms with E-state index in [4.69, 9.17) is 4.98 Å². The summed E-state index contributed by atoms with van der Waals surface area (Å²) >= 11 is 0. The highest BCUT2D eigenvalue weighted by atomic mass is 19.4. The summed E-state index contributed by atoms with van der Waals surface area (Å²) < 4.78 is 81.3. The first-order valence-electron chi connectivity index (χ1n) is 13.8. The number of H-pyrrole nitrogens is 1. The third kappa shape index (κ3) is 6.25. The number of alkyl halides is 6. The molecule has 40 heavy (non-hydrogen) atoms. The van der Waals surface area contributed by atoms with Gasteiger partial charge in [0.25, 0.3) is 0 Å². The van der Waals surface area contributed by atoms with Gasteiger partial charge in [-0.05, 0) is 80.3 Å². The second-order valence-corrected chi connectivity index (χ2v) is 10.9. The van der Waals surface area contributed by atoms with Gasteiger partial charge in [0.05, 0.1) is 11.1 Å². The Morgan fingerprint density at radius 2 is 1.55 bits per heavy atom. The number of aryl methyl sites for hydroxylation is 3. The zero-order valence-electron chi connectivity index (χ0n) is 22.7. The van der Waals surface area contributed by atoms with Crippen LogP contribution in [-0.4, -0.2) is 33.1 Å². The minimum Gasteiger partial charge on any atom is -0.356 e. The second-order valence-electron chi connectivity index (χ2n) is 10.9. The molecule has 1 fully saturated rings. The summed E-state index contributed by atoms with van der Waals surface area (Å²) in [4.78, 5) is 10.5. The Balaban J connectivity index is 1.51. The van der Waals surface area contributed by atoms with Crippen molar-refractivity contribution >= 4 is 11.8 Å². The van der Waals surface area contributed by atoms with Gasteiger partial charge in [-0.25, -0.2) is 14.9 Å². The summed E-state index contributed by atoms with van der Waals surface area (Å²) in [5.74, 6) is 1.79. The maximum atomic E-state index is 13.5. The lowest BCUT2D eigenvalue weighted by molar-refractivity contribution is -0.143. The van der Waals surface area contributed by atoms with Crippen LogP contribution in [0.3, 0.4) is 0 Å². The van der Waals surface area contributed by atoms with Crippen LogP contribution in [0, 0.1) is 5.92 Å². The lowest BCUT2D eigenvalue weighted by Crippen LogP contribution is -2.33. The number of aromatic amines is 1. The molecule has 0 amide bonds. The molecular formula is C28H34F6N6. The molecule has 0 bridgehead atoms. The van der Waals surface area contributed by atoms with Crippen LogP contribution >= 0.6 is 0 Å². The van der Waals surface area contributed by atoms with E-state index in [1.165, 1.54) is 30.5 Å². The Kier molecular flexibility index (Phi) is 7.80.